The number of rotatable bonds is 9. The van der Waals surface area contributed by atoms with Gasteiger partial charge in [-0.2, -0.15) is 0 Å². The number of nitrogens with one attached hydrogen (secondary N) is 3. The van der Waals surface area contributed by atoms with Crippen LogP contribution in [0.25, 0.3) is 11.0 Å². The van der Waals surface area contributed by atoms with Crippen LogP contribution in [0.15, 0.2) is 60.7 Å². The molecule has 0 bridgehead atoms. The van der Waals surface area contributed by atoms with E-state index >= 15 is 0 Å². The number of anilines is 2. The lowest BCUT2D eigenvalue weighted by atomic mass is 10.2. The summed E-state index contributed by atoms with van der Waals surface area (Å²) in [6.07, 6.45) is -1.17. The fourth-order valence-electron chi connectivity index (χ4n) is 3.72. The number of benzene rings is 3. The number of hydrogen-bond donors (Lipinski definition) is 5. The first-order valence-electron chi connectivity index (χ1n) is 11.3. The van der Waals surface area contributed by atoms with Crippen LogP contribution in [0.3, 0.4) is 0 Å². The first-order valence-corrected chi connectivity index (χ1v) is 11.3. The smallest absolute Gasteiger partial charge is 0.419 e. The van der Waals surface area contributed by atoms with Gasteiger partial charge in [0.15, 0.2) is 0 Å². The van der Waals surface area contributed by atoms with E-state index in [2.05, 4.69) is 15.3 Å². The van der Waals surface area contributed by atoms with Gasteiger partial charge in [-0.05, 0) is 61.5 Å². The monoisotopic (exact) mass is 504 g/mol. The summed E-state index contributed by atoms with van der Waals surface area (Å²) >= 11 is 0. The predicted molar refractivity (Wildman–Crippen MR) is 138 cm³/mol. The quantitative estimate of drug-likeness (QED) is 0.167. The van der Waals surface area contributed by atoms with E-state index in [0.29, 0.717) is 29.0 Å². The maximum Gasteiger partial charge on any atom is 0.419 e. The molecule has 6 N–H and O–H groups in total. The maximum absolute atomic E-state index is 13.8. The number of nitrogen functional groups attached to an aromatic ring is 1. The zero-order valence-corrected chi connectivity index (χ0v) is 19.9. The molecule has 0 saturated heterocycles. The lowest BCUT2D eigenvalue weighted by molar-refractivity contribution is -0.136. The third-order valence-electron chi connectivity index (χ3n) is 5.65. The zero-order chi connectivity index (χ0) is 26.5. The van der Waals surface area contributed by atoms with Gasteiger partial charge in [0.05, 0.1) is 24.0 Å². The summed E-state index contributed by atoms with van der Waals surface area (Å²) < 4.78 is 19.3. The van der Waals surface area contributed by atoms with Crippen molar-refractivity contribution >= 4 is 40.3 Å². The second-order valence-electron chi connectivity index (χ2n) is 8.26. The van der Waals surface area contributed by atoms with Gasteiger partial charge in [-0.1, -0.05) is 6.07 Å². The van der Waals surface area contributed by atoms with Crippen LogP contribution in [0.1, 0.15) is 23.4 Å². The van der Waals surface area contributed by atoms with Crippen molar-refractivity contribution in [3.8, 4) is 5.75 Å². The number of amides is 1. The molecule has 4 aromatic rings. The molecular weight excluding hydrogens is 479 g/mol. The minimum absolute atomic E-state index is 0.00301. The second-order valence-corrected chi connectivity index (χ2v) is 8.26. The molecule has 0 saturated carbocycles. The molecule has 4 rings (SSSR count). The van der Waals surface area contributed by atoms with Gasteiger partial charge in [0, 0.05) is 29.0 Å². The minimum atomic E-state index is -1.10. The van der Waals surface area contributed by atoms with Crippen LogP contribution in [0.4, 0.5) is 20.6 Å². The summed E-state index contributed by atoms with van der Waals surface area (Å²) in [4.78, 5) is 33.0. The average Bonchev–Trinajstić information content (AvgIpc) is 3.29. The molecule has 0 radical (unpaired) electrons. The topological polar surface area (TPSA) is 157 Å². The molecule has 0 spiro atoms. The number of nitrogens with zero attached hydrogens (tertiary/aromatic N) is 2. The van der Waals surface area contributed by atoms with Crippen molar-refractivity contribution in [2.75, 3.05) is 16.8 Å². The minimum Gasteiger partial charge on any atom is -0.481 e. The Hall–Kier alpha value is -4.93. The number of aromatic amines is 1. The highest BCUT2D eigenvalue weighted by atomic mass is 19.1. The molecule has 0 fully saturated rings. The standard InChI is InChI=1S/C26H25FN6O4/c1-15-21(37-26(36)33(12-11-23(34)35)19-4-2-3-17(27)13-19)10-9-20-24(15)32-22(31-20)14-30-18-7-5-16(6-8-18)25(28)29/h2-10,13,30H,11-12,14H2,1H3,(H3,28,29)(H,31,32)(H,34,35). The van der Waals surface area contributed by atoms with Crippen LogP contribution in [0, 0.1) is 18.2 Å². The number of H-pyrrole nitrogens is 1. The van der Waals surface area contributed by atoms with Crippen molar-refractivity contribution < 1.29 is 23.8 Å². The number of aliphatic carboxylic acids is 1. The highest BCUT2D eigenvalue weighted by Gasteiger charge is 2.21. The van der Waals surface area contributed by atoms with E-state index in [1.165, 1.54) is 18.2 Å². The van der Waals surface area contributed by atoms with Crippen LogP contribution < -0.4 is 20.7 Å². The average molecular weight is 505 g/mol. The Balaban J connectivity index is 1.50. The van der Waals surface area contributed by atoms with Crippen molar-refractivity contribution in [2.24, 2.45) is 5.73 Å². The number of ether oxygens (including phenoxy) is 1. The van der Waals surface area contributed by atoms with Gasteiger partial charge in [0.25, 0.3) is 0 Å². The van der Waals surface area contributed by atoms with Crippen molar-refractivity contribution in [2.45, 2.75) is 19.9 Å². The predicted octanol–water partition coefficient (Wildman–Crippen LogP) is 4.39. The van der Waals surface area contributed by atoms with Crippen molar-refractivity contribution in [3.63, 3.8) is 0 Å². The number of carboxylic acids is 1. The number of fused-ring (bicyclic) bond motifs is 1. The molecule has 1 amide bonds. The van der Waals surface area contributed by atoms with E-state index in [4.69, 9.17) is 21.0 Å². The van der Waals surface area contributed by atoms with E-state index in [0.717, 1.165) is 22.2 Å². The number of hydrogen-bond acceptors (Lipinski definition) is 6. The molecule has 0 aliphatic carbocycles. The maximum atomic E-state index is 13.8. The van der Waals surface area contributed by atoms with Gasteiger partial charge >= 0.3 is 12.1 Å². The van der Waals surface area contributed by atoms with Gasteiger partial charge in [-0.15, -0.1) is 0 Å². The van der Waals surface area contributed by atoms with Crippen LogP contribution in [-0.2, 0) is 11.3 Å². The van der Waals surface area contributed by atoms with E-state index in [-0.39, 0.29) is 30.2 Å². The Labute approximate surface area is 211 Å². The van der Waals surface area contributed by atoms with Gasteiger partial charge in [0.2, 0.25) is 0 Å². The fraction of sp³-hybridized carbons (Fsp3) is 0.154. The highest BCUT2D eigenvalue weighted by molar-refractivity contribution is 5.95. The Morgan fingerprint density at radius 2 is 1.95 bits per heavy atom. The number of imidazole rings is 1. The molecule has 1 aromatic heterocycles. The summed E-state index contributed by atoms with van der Waals surface area (Å²) in [5.41, 5.74) is 9.09. The van der Waals surface area contributed by atoms with E-state index in [9.17, 15) is 14.0 Å². The molecule has 37 heavy (non-hydrogen) atoms. The zero-order valence-electron chi connectivity index (χ0n) is 19.9. The summed E-state index contributed by atoms with van der Waals surface area (Å²) in [6, 6.07) is 15.8. The van der Waals surface area contributed by atoms with Gasteiger partial charge < -0.3 is 25.9 Å². The number of carboxylic acid groups (broad SMARTS) is 1. The Morgan fingerprint density at radius 1 is 1.19 bits per heavy atom. The largest absolute Gasteiger partial charge is 0.481 e. The number of amidine groups is 1. The number of carbonyl (C=O) groups is 2. The number of aromatic nitrogens is 2. The number of aryl methyl sites for hydroxylation is 1. The third kappa shape index (κ3) is 6.01. The molecule has 0 aliphatic heterocycles. The van der Waals surface area contributed by atoms with E-state index in [1.54, 1.807) is 31.2 Å². The van der Waals surface area contributed by atoms with Crippen molar-refractivity contribution in [1.82, 2.24) is 9.97 Å². The van der Waals surface area contributed by atoms with Crippen LogP contribution >= 0.6 is 0 Å². The Bertz CT molecular complexity index is 1470. The van der Waals surface area contributed by atoms with Crippen molar-refractivity contribution in [1.29, 1.82) is 5.41 Å². The van der Waals surface area contributed by atoms with Gasteiger partial charge in [-0.3, -0.25) is 15.1 Å². The summed E-state index contributed by atoms with van der Waals surface area (Å²) in [5.74, 6) is -0.758. The van der Waals surface area contributed by atoms with Gasteiger partial charge in [-0.25, -0.2) is 14.2 Å². The molecule has 1 heterocycles. The molecule has 0 unspecified atom stereocenters. The second kappa shape index (κ2) is 10.8. The van der Waals surface area contributed by atoms with Crippen LogP contribution in [-0.4, -0.2) is 39.5 Å². The first kappa shape index (κ1) is 25.2. The number of carbonyl (C=O) groups excluding carboxylic acids is 1. The summed E-state index contributed by atoms with van der Waals surface area (Å²) in [7, 11) is 0. The van der Waals surface area contributed by atoms with Crippen molar-refractivity contribution in [3.05, 3.63) is 83.4 Å². The number of halogens is 1. The molecule has 0 atom stereocenters. The Morgan fingerprint density at radius 3 is 2.62 bits per heavy atom. The van der Waals surface area contributed by atoms with E-state index in [1.807, 2.05) is 12.1 Å². The summed E-state index contributed by atoms with van der Waals surface area (Å²) in [5, 5.41) is 19.8. The van der Waals surface area contributed by atoms with E-state index < -0.39 is 17.9 Å². The fourth-order valence-corrected chi connectivity index (χ4v) is 3.72. The van der Waals surface area contributed by atoms with Crippen LogP contribution in [0.2, 0.25) is 0 Å². The molecule has 10 nitrogen and oxygen atoms in total. The summed E-state index contributed by atoms with van der Waals surface area (Å²) in [6.45, 7) is 1.96. The molecule has 3 aromatic carbocycles. The molecule has 11 heteroatoms. The first-order chi connectivity index (χ1) is 17.7. The highest BCUT2D eigenvalue weighted by Crippen LogP contribution is 2.27. The SMILES string of the molecule is Cc1c(OC(=O)N(CCC(=O)O)c2cccc(F)c2)ccc2[nH]c(CNc3ccc(C(=N)N)cc3)nc12. The molecule has 0 aliphatic rings. The third-order valence-corrected chi connectivity index (χ3v) is 5.65. The number of nitrogens with two attached hydrogens (primary N) is 1. The normalized spacial score (nSPS) is 10.8. The molecular formula is C26H25FN6O4. The molecule has 190 valence electrons. The lowest BCUT2D eigenvalue weighted by Gasteiger charge is -2.22. The van der Waals surface area contributed by atoms with Gasteiger partial charge in [0.1, 0.15) is 23.2 Å². The van der Waals surface area contributed by atoms with Crippen LogP contribution in [0.5, 0.6) is 5.75 Å². The lowest BCUT2D eigenvalue weighted by Crippen LogP contribution is -2.35. The Kier molecular flexibility index (Phi) is 7.33.